The molecule has 2 N–H and O–H groups in total. The smallest absolute Gasteiger partial charge is 0.119 e. The standard InChI is InChI=1S/C23H25BrN2O2/c1-26-10-9-22(15-5-3-6-16(11-15)28-2)13-20-18(12-23(22,27)14-26)17-7-4-8-19(24)21(17)25-20/h3-8,11,25,27H,9-10,12-14H2,1-2H3. The Morgan fingerprint density at radius 1 is 1.18 bits per heavy atom. The number of likely N-dealkylation sites (tertiary alicyclic amines) is 1. The zero-order valence-corrected chi connectivity index (χ0v) is 17.8. The van der Waals surface area contributed by atoms with E-state index in [0.29, 0.717) is 13.0 Å². The van der Waals surface area contributed by atoms with Gasteiger partial charge in [-0.1, -0.05) is 24.3 Å². The van der Waals surface area contributed by atoms with Crippen LogP contribution in [0.4, 0.5) is 0 Å². The molecule has 2 atom stereocenters. The van der Waals surface area contributed by atoms with Crippen LogP contribution in [-0.2, 0) is 18.3 Å². The lowest BCUT2D eigenvalue weighted by atomic mass is 9.56. The molecule has 0 amide bonds. The summed E-state index contributed by atoms with van der Waals surface area (Å²) in [7, 11) is 3.81. The van der Waals surface area contributed by atoms with E-state index in [4.69, 9.17) is 4.74 Å². The second-order valence-corrected chi connectivity index (χ2v) is 9.29. The van der Waals surface area contributed by atoms with Gasteiger partial charge < -0.3 is 19.7 Å². The number of hydrogen-bond acceptors (Lipinski definition) is 3. The fraction of sp³-hybridized carbons (Fsp3) is 0.391. The second-order valence-electron chi connectivity index (χ2n) is 8.43. The molecule has 1 fully saturated rings. The summed E-state index contributed by atoms with van der Waals surface area (Å²) in [6.07, 6.45) is 2.38. The van der Waals surface area contributed by atoms with Gasteiger partial charge in [-0.25, -0.2) is 0 Å². The van der Waals surface area contributed by atoms with Gasteiger partial charge in [0.15, 0.2) is 0 Å². The molecule has 5 heteroatoms. The molecule has 1 aliphatic carbocycles. The van der Waals surface area contributed by atoms with Crippen molar-refractivity contribution < 1.29 is 9.84 Å². The highest BCUT2D eigenvalue weighted by atomic mass is 79.9. The quantitative estimate of drug-likeness (QED) is 0.631. The van der Waals surface area contributed by atoms with Gasteiger partial charge in [0.25, 0.3) is 0 Å². The van der Waals surface area contributed by atoms with Gasteiger partial charge in [-0.05, 0) is 65.3 Å². The first-order valence-corrected chi connectivity index (χ1v) is 10.6. The first-order chi connectivity index (χ1) is 13.5. The number of aromatic nitrogens is 1. The van der Waals surface area contributed by atoms with Gasteiger partial charge in [0.05, 0.1) is 18.2 Å². The van der Waals surface area contributed by atoms with Crippen molar-refractivity contribution in [2.75, 3.05) is 27.2 Å². The van der Waals surface area contributed by atoms with Crippen molar-refractivity contribution in [3.05, 3.63) is 63.8 Å². The number of rotatable bonds is 2. The molecule has 4 nitrogen and oxygen atoms in total. The molecule has 2 unspecified atom stereocenters. The number of aliphatic hydroxyl groups is 1. The van der Waals surface area contributed by atoms with Crippen LogP contribution < -0.4 is 4.74 Å². The van der Waals surface area contributed by atoms with Crippen molar-refractivity contribution in [1.82, 2.24) is 9.88 Å². The number of nitrogens with one attached hydrogen (secondary N) is 1. The van der Waals surface area contributed by atoms with E-state index in [2.05, 4.69) is 63.2 Å². The molecule has 28 heavy (non-hydrogen) atoms. The summed E-state index contributed by atoms with van der Waals surface area (Å²) in [6, 6.07) is 14.6. The molecule has 3 aromatic rings. The van der Waals surface area contributed by atoms with Crippen molar-refractivity contribution in [2.24, 2.45) is 0 Å². The highest BCUT2D eigenvalue weighted by Crippen LogP contribution is 2.51. The van der Waals surface area contributed by atoms with Crippen LogP contribution >= 0.6 is 15.9 Å². The summed E-state index contributed by atoms with van der Waals surface area (Å²) in [6.45, 7) is 1.64. The number of fused-ring (bicyclic) bond motifs is 4. The minimum atomic E-state index is -0.823. The third-order valence-electron chi connectivity index (χ3n) is 6.89. The number of halogens is 1. The van der Waals surface area contributed by atoms with Crippen molar-refractivity contribution in [2.45, 2.75) is 30.3 Å². The Kier molecular flexibility index (Phi) is 4.13. The van der Waals surface area contributed by atoms with Gasteiger partial charge in [0.2, 0.25) is 0 Å². The van der Waals surface area contributed by atoms with Gasteiger partial charge in [-0.2, -0.15) is 0 Å². The third kappa shape index (κ3) is 2.49. The van der Waals surface area contributed by atoms with Crippen molar-refractivity contribution in [1.29, 1.82) is 0 Å². The Bertz CT molecular complexity index is 1060. The van der Waals surface area contributed by atoms with Crippen LogP contribution in [0.2, 0.25) is 0 Å². The predicted octanol–water partition coefficient (Wildman–Crippen LogP) is 4.04. The minimum Gasteiger partial charge on any atom is -0.497 e. The SMILES string of the molecule is COc1cccc(C23CCN(C)CC2(O)Cc2c([nH]c4c(Br)cccc24)C3)c1. The summed E-state index contributed by atoms with van der Waals surface area (Å²) < 4.78 is 6.57. The van der Waals surface area contributed by atoms with Crippen LogP contribution in [0, 0.1) is 0 Å². The molecule has 5 rings (SSSR count). The van der Waals surface area contributed by atoms with E-state index in [1.165, 1.54) is 22.2 Å². The zero-order valence-electron chi connectivity index (χ0n) is 16.3. The lowest BCUT2D eigenvalue weighted by Gasteiger charge is -2.56. The number of ether oxygens (including phenoxy) is 1. The molecule has 1 aromatic heterocycles. The van der Waals surface area contributed by atoms with Gasteiger partial charge in [-0.3, -0.25) is 0 Å². The van der Waals surface area contributed by atoms with Gasteiger partial charge in [0, 0.05) is 40.4 Å². The van der Waals surface area contributed by atoms with Crippen molar-refractivity contribution >= 4 is 26.8 Å². The summed E-state index contributed by atoms with van der Waals surface area (Å²) in [5, 5.41) is 13.3. The maximum atomic E-state index is 12.1. The Hall–Kier alpha value is -1.82. The van der Waals surface area contributed by atoms with E-state index in [1.54, 1.807) is 7.11 Å². The molecule has 0 spiro atoms. The molecule has 0 bridgehead atoms. The van der Waals surface area contributed by atoms with E-state index in [9.17, 15) is 5.11 Å². The maximum Gasteiger partial charge on any atom is 0.119 e. The van der Waals surface area contributed by atoms with Crippen LogP contribution in [-0.4, -0.2) is 47.8 Å². The number of benzene rings is 2. The summed E-state index contributed by atoms with van der Waals surface area (Å²) in [4.78, 5) is 5.92. The number of H-pyrrole nitrogens is 1. The monoisotopic (exact) mass is 440 g/mol. The second kappa shape index (κ2) is 6.34. The van der Waals surface area contributed by atoms with Crippen LogP contribution in [0.3, 0.4) is 0 Å². The zero-order chi connectivity index (χ0) is 19.5. The van der Waals surface area contributed by atoms with Crippen molar-refractivity contribution in [3.8, 4) is 5.75 Å². The van der Waals surface area contributed by atoms with E-state index < -0.39 is 5.60 Å². The van der Waals surface area contributed by atoms with Gasteiger partial charge in [0.1, 0.15) is 5.75 Å². The predicted molar refractivity (Wildman–Crippen MR) is 115 cm³/mol. The average Bonchev–Trinajstić information content (AvgIpc) is 3.04. The number of nitrogens with zero attached hydrogens (tertiary/aromatic N) is 1. The molecular formula is C23H25BrN2O2. The molecule has 146 valence electrons. The van der Waals surface area contributed by atoms with E-state index in [-0.39, 0.29) is 5.41 Å². The molecule has 2 heterocycles. The number of likely N-dealkylation sites (N-methyl/N-ethyl adjacent to an activating group) is 1. The fourth-order valence-corrected chi connectivity index (χ4v) is 5.91. The van der Waals surface area contributed by atoms with E-state index >= 15 is 0 Å². The summed E-state index contributed by atoms with van der Waals surface area (Å²) in [5.74, 6) is 0.846. The highest BCUT2D eigenvalue weighted by Gasteiger charge is 2.57. The van der Waals surface area contributed by atoms with Crippen LogP contribution in [0.15, 0.2) is 46.9 Å². The fourth-order valence-electron chi connectivity index (χ4n) is 5.44. The Labute approximate surface area is 173 Å². The first-order valence-electron chi connectivity index (χ1n) is 9.79. The molecular weight excluding hydrogens is 416 g/mol. The number of β-amino-alcohol motifs (C(OH)–C–C–N with tert-alkyl or cyclic N) is 1. The van der Waals surface area contributed by atoms with Crippen LogP contribution in [0.25, 0.3) is 10.9 Å². The summed E-state index contributed by atoms with van der Waals surface area (Å²) in [5.41, 5.74) is 3.66. The average molecular weight is 441 g/mol. The number of methoxy groups -OCH3 is 1. The lowest BCUT2D eigenvalue weighted by molar-refractivity contribution is -0.0972. The molecule has 0 radical (unpaired) electrons. The number of hydrogen-bond donors (Lipinski definition) is 2. The Morgan fingerprint density at radius 3 is 2.82 bits per heavy atom. The maximum absolute atomic E-state index is 12.1. The largest absolute Gasteiger partial charge is 0.497 e. The lowest BCUT2D eigenvalue weighted by Crippen LogP contribution is -2.65. The number of piperidine rings is 1. The molecule has 1 aliphatic heterocycles. The highest BCUT2D eigenvalue weighted by molar-refractivity contribution is 9.10. The molecule has 1 saturated heterocycles. The third-order valence-corrected chi connectivity index (χ3v) is 7.55. The van der Waals surface area contributed by atoms with Crippen LogP contribution in [0.5, 0.6) is 5.75 Å². The Balaban J connectivity index is 1.73. The number of aromatic amines is 1. The topological polar surface area (TPSA) is 48.5 Å². The first kappa shape index (κ1) is 18.2. The van der Waals surface area contributed by atoms with Crippen molar-refractivity contribution in [3.63, 3.8) is 0 Å². The summed E-state index contributed by atoms with van der Waals surface area (Å²) >= 11 is 3.68. The van der Waals surface area contributed by atoms with E-state index in [1.807, 2.05) is 12.1 Å². The Morgan fingerprint density at radius 2 is 2.00 bits per heavy atom. The molecule has 0 saturated carbocycles. The van der Waals surface area contributed by atoms with Crippen LogP contribution in [0.1, 0.15) is 23.2 Å². The van der Waals surface area contributed by atoms with E-state index in [0.717, 1.165) is 35.1 Å². The minimum absolute atomic E-state index is 0.325. The normalized spacial score (nSPS) is 27.4. The number of para-hydroxylation sites is 1. The molecule has 2 aliphatic rings. The van der Waals surface area contributed by atoms with Gasteiger partial charge >= 0.3 is 0 Å². The van der Waals surface area contributed by atoms with Gasteiger partial charge in [-0.15, -0.1) is 0 Å². The molecule has 2 aromatic carbocycles.